The van der Waals surface area contributed by atoms with E-state index in [1.165, 1.54) is 35.8 Å². The van der Waals surface area contributed by atoms with Crippen molar-refractivity contribution >= 4 is 45.2 Å². The largest absolute Gasteiger partial charge is 0.465 e. The minimum Gasteiger partial charge on any atom is -0.465 e. The number of hydrogen-bond donors (Lipinski definition) is 0. The maximum atomic E-state index is 12.3. The number of carbonyl (C=O) groups is 2. The summed E-state index contributed by atoms with van der Waals surface area (Å²) in [4.78, 5) is 28.9. The van der Waals surface area contributed by atoms with Crippen molar-refractivity contribution in [1.82, 2.24) is 4.57 Å². The fraction of sp³-hybridized carbons (Fsp3) is 0.190. The summed E-state index contributed by atoms with van der Waals surface area (Å²) in [6.07, 6.45) is 5.48. The van der Waals surface area contributed by atoms with Crippen LogP contribution in [0.1, 0.15) is 15.9 Å². The summed E-state index contributed by atoms with van der Waals surface area (Å²) in [7, 11) is 1.34. The molecule has 0 aliphatic rings. The molecule has 0 N–H and O–H groups in total. The van der Waals surface area contributed by atoms with Gasteiger partial charge in [0.25, 0.3) is 5.91 Å². The van der Waals surface area contributed by atoms with Gasteiger partial charge in [0.15, 0.2) is 4.80 Å². The highest BCUT2D eigenvalue weighted by Crippen LogP contribution is 2.20. The van der Waals surface area contributed by atoms with E-state index in [1.54, 1.807) is 22.8 Å². The first kappa shape index (κ1) is 19.9. The van der Waals surface area contributed by atoms with Gasteiger partial charge in [-0.2, -0.15) is 4.99 Å². The summed E-state index contributed by atoms with van der Waals surface area (Å²) >= 11 is 2.85. The van der Waals surface area contributed by atoms with Gasteiger partial charge >= 0.3 is 5.97 Å². The molecule has 1 heterocycles. The molecule has 2 aromatic carbocycles. The van der Waals surface area contributed by atoms with Gasteiger partial charge in [0.1, 0.15) is 0 Å². The predicted molar refractivity (Wildman–Crippen MR) is 113 cm³/mol. The summed E-state index contributed by atoms with van der Waals surface area (Å²) in [5, 5.41) is 0. The zero-order valence-corrected chi connectivity index (χ0v) is 16.9. The molecule has 0 spiro atoms. The molecule has 0 saturated carbocycles. The molecule has 3 rings (SSSR count). The van der Waals surface area contributed by atoms with Crippen molar-refractivity contribution in [2.75, 3.05) is 12.9 Å². The van der Waals surface area contributed by atoms with Crippen molar-refractivity contribution in [3.63, 3.8) is 0 Å². The molecule has 3 aromatic rings. The van der Waals surface area contributed by atoms with Gasteiger partial charge in [0.2, 0.25) is 0 Å². The number of nitrogens with zero attached hydrogens (tertiary/aromatic N) is 2. The number of thioether (sulfide) groups is 1. The number of amides is 1. The van der Waals surface area contributed by atoms with E-state index in [2.05, 4.69) is 10.9 Å². The van der Waals surface area contributed by atoms with Crippen LogP contribution < -0.4 is 4.80 Å². The van der Waals surface area contributed by atoms with E-state index in [9.17, 15) is 9.59 Å². The number of methoxy groups -OCH3 is 1. The highest BCUT2D eigenvalue weighted by atomic mass is 32.2. The second-order valence-corrected chi connectivity index (χ2v) is 7.83. The molecular formula is C21H18N2O3S2. The van der Waals surface area contributed by atoms with Gasteiger partial charge < -0.3 is 9.30 Å². The number of terminal acetylenes is 1. The summed E-state index contributed by atoms with van der Waals surface area (Å²) in [5.41, 5.74) is 2.44. The van der Waals surface area contributed by atoms with Crippen molar-refractivity contribution in [3.8, 4) is 12.3 Å². The Hall–Kier alpha value is -2.82. The first-order valence-electron chi connectivity index (χ1n) is 8.46. The molecule has 1 aromatic heterocycles. The van der Waals surface area contributed by atoms with Crippen LogP contribution in [-0.2, 0) is 21.8 Å². The van der Waals surface area contributed by atoms with Gasteiger partial charge in [0, 0.05) is 5.75 Å². The van der Waals surface area contributed by atoms with E-state index in [-0.39, 0.29) is 11.7 Å². The fourth-order valence-electron chi connectivity index (χ4n) is 2.62. The molecule has 5 nitrogen and oxygen atoms in total. The van der Waals surface area contributed by atoms with E-state index in [4.69, 9.17) is 11.2 Å². The lowest BCUT2D eigenvalue weighted by molar-refractivity contribution is -0.115. The molecule has 0 unspecified atom stereocenters. The minimum atomic E-state index is -0.411. The van der Waals surface area contributed by atoms with E-state index < -0.39 is 5.97 Å². The summed E-state index contributed by atoms with van der Waals surface area (Å²) in [6, 6.07) is 15.2. The van der Waals surface area contributed by atoms with Crippen molar-refractivity contribution in [1.29, 1.82) is 0 Å². The lowest BCUT2D eigenvalue weighted by atomic mass is 10.2. The Labute approximate surface area is 171 Å². The Morgan fingerprint density at radius 3 is 2.75 bits per heavy atom. The van der Waals surface area contributed by atoms with Crippen LogP contribution in [0.5, 0.6) is 0 Å². The van der Waals surface area contributed by atoms with Crippen molar-refractivity contribution in [3.05, 3.63) is 64.5 Å². The lowest BCUT2D eigenvalue weighted by Gasteiger charge is -2.02. The Morgan fingerprint density at radius 2 is 2.04 bits per heavy atom. The van der Waals surface area contributed by atoms with Crippen LogP contribution in [0.4, 0.5) is 0 Å². The van der Waals surface area contributed by atoms with E-state index >= 15 is 0 Å². The van der Waals surface area contributed by atoms with Crippen LogP contribution in [0.15, 0.2) is 53.5 Å². The second-order valence-electron chi connectivity index (χ2n) is 5.83. The smallest absolute Gasteiger partial charge is 0.337 e. The van der Waals surface area contributed by atoms with Crippen LogP contribution >= 0.6 is 23.1 Å². The lowest BCUT2D eigenvalue weighted by Crippen LogP contribution is -2.17. The topological polar surface area (TPSA) is 60.7 Å². The number of thiazole rings is 1. The normalized spacial score (nSPS) is 11.4. The molecule has 0 radical (unpaired) electrons. The van der Waals surface area contributed by atoms with E-state index in [0.717, 1.165) is 16.0 Å². The summed E-state index contributed by atoms with van der Waals surface area (Å²) in [6.45, 7) is 0.293. The number of esters is 1. The quantitative estimate of drug-likeness (QED) is 0.461. The molecule has 0 aliphatic carbocycles. The van der Waals surface area contributed by atoms with E-state index in [1.807, 2.05) is 30.3 Å². The molecule has 142 valence electrons. The highest BCUT2D eigenvalue weighted by Gasteiger charge is 2.11. The maximum absolute atomic E-state index is 12.3. The number of fused-ring (bicyclic) bond motifs is 1. The summed E-state index contributed by atoms with van der Waals surface area (Å²) in [5.74, 6) is 3.00. The highest BCUT2D eigenvalue weighted by molar-refractivity contribution is 7.99. The molecule has 1 amide bonds. The molecular weight excluding hydrogens is 392 g/mol. The van der Waals surface area contributed by atoms with Crippen LogP contribution in [0, 0.1) is 12.3 Å². The van der Waals surface area contributed by atoms with Crippen molar-refractivity contribution in [2.24, 2.45) is 4.99 Å². The monoisotopic (exact) mass is 410 g/mol. The Balaban J connectivity index is 1.83. The third-order valence-electron chi connectivity index (χ3n) is 3.91. The molecule has 0 saturated heterocycles. The maximum Gasteiger partial charge on any atom is 0.337 e. The Bertz CT molecular complexity index is 1110. The number of aromatic nitrogens is 1. The van der Waals surface area contributed by atoms with Crippen molar-refractivity contribution < 1.29 is 14.3 Å². The Morgan fingerprint density at radius 1 is 1.25 bits per heavy atom. The van der Waals surface area contributed by atoms with E-state index in [0.29, 0.717) is 16.9 Å². The van der Waals surface area contributed by atoms with Crippen LogP contribution in [0.3, 0.4) is 0 Å². The molecule has 28 heavy (non-hydrogen) atoms. The third-order valence-corrected chi connectivity index (χ3v) is 5.94. The predicted octanol–water partition coefficient (Wildman–Crippen LogP) is 3.48. The van der Waals surface area contributed by atoms with Crippen LogP contribution in [0.25, 0.3) is 10.2 Å². The fourth-order valence-corrected chi connectivity index (χ4v) is 4.47. The Kier molecular flexibility index (Phi) is 6.69. The second kappa shape index (κ2) is 9.40. The zero-order chi connectivity index (χ0) is 19.9. The number of hydrogen-bond acceptors (Lipinski definition) is 5. The van der Waals surface area contributed by atoms with Crippen LogP contribution in [-0.4, -0.2) is 29.3 Å². The molecule has 0 aliphatic heterocycles. The van der Waals surface area contributed by atoms with Crippen LogP contribution in [0.2, 0.25) is 0 Å². The van der Waals surface area contributed by atoms with Gasteiger partial charge in [0.05, 0.1) is 35.2 Å². The zero-order valence-electron chi connectivity index (χ0n) is 15.3. The van der Waals surface area contributed by atoms with Gasteiger partial charge in [-0.25, -0.2) is 4.79 Å². The standard InChI is InChI=1S/C21H18N2O3S2/c1-3-11-23-17-10-9-16(20(25)26-2)12-18(17)28-21(23)22-19(24)14-27-13-15-7-5-4-6-8-15/h1,4-10,12H,11,13-14H2,2H3. The average Bonchev–Trinajstić information content (AvgIpc) is 3.04. The molecule has 0 bridgehead atoms. The SMILES string of the molecule is C#CCn1c(=NC(=O)CSCc2ccccc2)sc2cc(C(=O)OC)ccc21. The number of benzene rings is 2. The minimum absolute atomic E-state index is 0.216. The van der Waals surface area contributed by atoms with Gasteiger partial charge in [-0.3, -0.25) is 4.79 Å². The van der Waals surface area contributed by atoms with Gasteiger partial charge in [-0.15, -0.1) is 18.2 Å². The molecule has 0 fully saturated rings. The molecule has 0 atom stereocenters. The average molecular weight is 411 g/mol. The van der Waals surface area contributed by atoms with Gasteiger partial charge in [-0.05, 0) is 23.8 Å². The van der Waals surface area contributed by atoms with Gasteiger partial charge in [-0.1, -0.05) is 47.6 Å². The first-order valence-corrected chi connectivity index (χ1v) is 10.4. The summed E-state index contributed by atoms with van der Waals surface area (Å²) < 4.78 is 7.39. The number of rotatable bonds is 6. The number of carbonyl (C=O) groups excluding carboxylic acids is 2. The van der Waals surface area contributed by atoms with Crippen molar-refractivity contribution in [2.45, 2.75) is 12.3 Å². The number of ether oxygens (including phenoxy) is 1. The third kappa shape index (κ3) is 4.71. The molecule has 7 heteroatoms. The first-order chi connectivity index (χ1) is 13.6.